The summed E-state index contributed by atoms with van der Waals surface area (Å²) >= 11 is 4.81. The van der Waals surface area contributed by atoms with E-state index in [2.05, 4.69) is 27.3 Å². The van der Waals surface area contributed by atoms with E-state index in [-0.39, 0.29) is 5.91 Å². The number of rotatable bonds is 4. The molecule has 0 aromatic heterocycles. The minimum Gasteiger partial charge on any atom is -0.353 e. The van der Waals surface area contributed by atoms with Gasteiger partial charge in [-0.15, -0.1) is 11.8 Å². The van der Waals surface area contributed by atoms with Gasteiger partial charge in [0.2, 0.25) is 5.91 Å². The normalized spacial score (nSPS) is 14.1. The maximum Gasteiger partial charge on any atom is 0.230 e. The first-order chi connectivity index (χ1) is 8.19. The average molecular weight is 311 g/mol. The van der Waals surface area contributed by atoms with E-state index in [1.165, 1.54) is 11.8 Å². The summed E-state index contributed by atoms with van der Waals surface area (Å²) in [4.78, 5) is 12.5. The monoisotopic (exact) mass is 310 g/mol. The van der Waals surface area contributed by atoms with Crippen LogP contribution in [0.25, 0.3) is 0 Å². The smallest absolute Gasteiger partial charge is 0.230 e. The third-order valence-electron chi connectivity index (χ3n) is 2.37. The molecule has 17 heavy (non-hydrogen) atoms. The highest BCUT2D eigenvalue weighted by molar-refractivity contribution is 9.10. The van der Waals surface area contributed by atoms with E-state index in [0.717, 1.165) is 22.2 Å². The predicted molar refractivity (Wildman–Crippen MR) is 70.7 cm³/mol. The second-order valence-corrected chi connectivity index (χ2v) is 5.79. The lowest BCUT2D eigenvalue weighted by Gasteiger charge is -2.04. The number of benzene rings is 1. The van der Waals surface area contributed by atoms with E-state index in [9.17, 15) is 4.79 Å². The van der Waals surface area contributed by atoms with Gasteiger partial charge in [-0.1, -0.05) is 0 Å². The van der Waals surface area contributed by atoms with E-state index in [1.807, 2.05) is 12.1 Å². The zero-order valence-electron chi connectivity index (χ0n) is 9.07. The minimum atomic E-state index is 0.0815. The molecule has 0 aliphatic heterocycles. The Morgan fingerprint density at radius 3 is 2.94 bits per heavy atom. The van der Waals surface area contributed by atoms with Gasteiger partial charge in [-0.3, -0.25) is 4.79 Å². The summed E-state index contributed by atoms with van der Waals surface area (Å²) in [5.74, 6) is 0.507. The molecule has 1 aliphatic carbocycles. The number of hydrogen-bond acceptors (Lipinski definition) is 3. The molecule has 1 aromatic carbocycles. The second-order valence-electron chi connectivity index (χ2n) is 3.88. The van der Waals surface area contributed by atoms with Gasteiger partial charge in [-0.25, -0.2) is 0 Å². The lowest BCUT2D eigenvalue weighted by Crippen LogP contribution is -2.26. The van der Waals surface area contributed by atoms with E-state index < -0.39 is 0 Å². The van der Waals surface area contributed by atoms with E-state index in [0.29, 0.717) is 17.4 Å². The molecule has 0 atom stereocenters. The molecule has 88 valence electrons. The maximum atomic E-state index is 11.5. The first kappa shape index (κ1) is 12.5. The molecule has 1 saturated carbocycles. The standard InChI is InChI=1S/C12H11BrN2OS/c13-11-5-10(4-1-8(11)6-14)17-7-12(16)15-9-2-3-9/h1,4-5,9H,2-3,7H2,(H,15,16). The summed E-state index contributed by atoms with van der Waals surface area (Å²) in [5.41, 5.74) is 0.608. The SMILES string of the molecule is N#Cc1ccc(SCC(=O)NC2CC2)cc1Br. The Bertz CT molecular complexity index is 480. The average Bonchev–Trinajstić information content (AvgIpc) is 3.10. The highest BCUT2D eigenvalue weighted by Crippen LogP contribution is 2.25. The summed E-state index contributed by atoms with van der Waals surface area (Å²) in [6, 6.07) is 7.98. The number of nitrogens with zero attached hydrogens (tertiary/aromatic N) is 1. The number of hydrogen-bond donors (Lipinski definition) is 1. The topological polar surface area (TPSA) is 52.9 Å². The molecule has 0 saturated heterocycles. The molecule has 1 amide bonds. The van der Waals surface area contributed by atoms with Crippen LogP contribution < -0.4 is 5.32 Å². The molecule has 1 aromatic rings. The van der Waals surface area contributed by atoms with Crippen LogP contribution in [0.5, 0.6) is 0 Å². The lowest BCUT2D eigenvalue weighted by atomic mass is 10.2. The Labute approximate surface area is 113 Å². The molecule has 0 heterocycles. The van der Waals surface area contributed by atoms with E-state index in [1.54, 1.807) is 6.07 Å². The van der Waals surface area contributed by atoms with Crippen molar-refractivity contribution in [1.82, 2.24) is 5.32 Å². The third kappa shape index (κ3) is 3.76. The number of halogens is 1. The fraction of sp³-hybridized carbons (Fsp3) is 0.333. The number of carbonyl (C=O) groups is 1. The van der Waals surface area contributed by atoms with Gasteiger partial charge in [0.1, 0.15) is 6.07 Å². The summed E-state index contributed by atoms with van der Waals surface area (Å²) in [6.07, 6.45) is 2.22. The van der Waals surface area contributed by atoms with Crippen LogP contribution in [0.1, 0.15) is 18.4 Å². The third-order valence-corrected chi connectivity index (χ3v) is 4.02. The van der Waals surface area contributed by atoms with Crippen LogP contribution in [-0.2, 0) is 4.79 Å². The zero-order chi connectivity index (χ0) is 12.3. The largest absolute Gasteiger partial charge is 0.353 e. The summed E-state index contributed by atoms with van der Waals surface area (Å²) in [7, 11) is 0. The molecule has 3 nitrogen and oxygen atoms in total. The van der Waals surface area contributed by atoms with Gasteiger partial charge in [0.05, 0.1) is 11.3 Å². The van der Waals surface area contributed by atoms with Crippen molar-refractivity contribution < 1.29 is 4.79 Å². The number of nitriles is 1. The summed E-state index contributed by atoms with van der Waals surface area (Å²) < 4.78 is 0.771. The molecular weight excluding hydrogens is 300 g/mol. The Hall–Kier alpha value is -0.990. The molecule has 1 aliphatic rings. The fourth-order valence-corrected chi connectivity index (χ4v) is 2.69. The van der Waals surface area contributed by atoms with Crippen LogP contribution >= 0.6 is 27.7 Å². The molecule has 5 heteroatoms. The van der Waals surface area contributed by atoms with E-state index in [4.69, 9.17) is 5.26 Å². The quantitative estimate of drug-likeness (QED) is 0.870. The predicted octanol–water partition coefficient (Wildman–Crippen LogP) is 2.69. The van der Waals surface area contributed by atoms with Crippen LogP contribution in [0.4, 0.5) is 0 Å². The van der Waals surface area contributed by atoms with Crippen molar-refractivity contribution in [2.75, 3.05) is 5.75 Å². The molecule has 0 spiro atoms. The highest BCUT2D eigenvalue weighted by atomic mass is 79.9. The molecule has 0 radical (unpaired) electrons. The van der Waals surface area contributed by atoms with Crippen molar-refractivity contribution in [3.63, 3.8) is 0 Å². The van der Waals surface area contributed by atoms with Crippen molar-refractivity contribution >= 4 is 33.6 Å². The molecular formula is C12H11BrN2OS. The van der Waals surface area contributed by atoms with Crippen molar-refractivity contribution in [2.45, 2.75) is 23.8 Å². The van der Waals surface area contributed by atoms with Crippen molar-refractivity contribution in [3.8, 4) is 6.07 Å². The number of thioether (sulfide) groups is 1. The van der Waals surface area contributed by atoms with Gasteiger partial charge < -0.3 is 5.32 Å². The van der Waals surface area contributed by atoms with Crippen LogP contribution in [0.3, 0.4) is 0 Å². The van der Waals surface area contributed by atoms with Crippen LogP contribution in [-0.4, -0.2) is 17.7 Å². The Morgan fingerprint density at radius 1 is 1.59 bits per heavy atom. The van der Waals surface area contributed by atoms with Crippen molar-refractivity contribution in [3.05, 3.63) is 28.2 Å². The van der Waals surface area contributed by atoms with Crippen LogP contribution in [0, 0.1) is 11.3 Å². The lowest BCUT2D eigenvalue weighted by molar-refractivity contribution is -0.118. The maximum absolute atomic E-state index is 11.5. The van der Waals surface area contributed by atoms with Crippen molar-refractivity contribution in [2.24, 2.45) is 0 Å². The summed E-state index contributed by atoms with van der Waals surface area (Å²) in [5, 5.41) is 11.7. The Morgan fingerprint density at radius 2 is 2.35 bits per heavy atom. The molecule has 0 unspecified atom stereocenters. The number of nitrogens with one attached hydrogen (secondary N) is 1. The van der Waals surface area contributed by atoms with Gasteiger partial charge in [-0.05, 0) is 47.0 Å². The summed E-state index contributed by atoms with van der Waals surface area (Å²) in [6.45, 7) is 0. The first-order valence-corrected chi connectivity index (χ1v) is 7.08. The van der Waals surface area contributed by atoms with Crippen molar-refractivity contribution in [1.29, 1.82) is 5.26 Å². The Kier molecular flexibility index (Phi) is 4.08. The van der Waals surface area contributed by atoms with E-state index >= 15 is 0 Å². The van der Waals surface area contributed by atoms with Gasteiger partial charge in [0, 0.05) is 15.4 Å². The van der Waals surface area contributed by atoms with Gasteiger partial charge in [0.15, 0.2) is 0 Å². The molecule has 2 rings (SSSR count). The van der Waals surface area contributed by atoms with Crippen LogP contribution in [0.15, 0.2) is 27.6 Å². The molecule has 1 fully saturated rings. The van der Waals surface area contributed by atoms with Crippen LogP contribution in [0.2, 0.25) is 0 Å². The van der Waals surface area contributed by atoms with Gasteiger partial charge in [0.25, 0.3) is 0 Å². The first-order valence-electron chi connectivity index (χ1n) is 5.31. The van der Waals surface area contributed by atoms with Gasteiger partial charge >= 0.3 is 0 Å². The minimum absolute atomic E-state index is 0.0815. The fourth-order valence-electron chi connectivity index (χ4n) is 1.32. The highest BCUT2D eigenvalue weighted by Gasteiger charge is 2.22. The number of amides is 1. The molecule has 1 N–H and O–H groups in total. The second kappa shape index (κ2) is 5.56. The Balaban J connectivity index is 1.88. The van der Waals surface area contributed by atoms with Gasteiger partial charge in [-0.2, -0.15) is 5.26 Å². The zero-order valence-corrected chi connectivity index (χ0v) is 11.5. The number of carbonyl (C=O) groups excluding carboxylic acids is 1. The molecule has 0 bridgehead atoms.